The first kappa shape index (κ1) is 32.3. The number of hydrogen-bond acceptors (Lipinski definition) is 5. The second-order valence-corrected chi connectivity index (χ2v) is 18.9. The van der Waals surface area contributed by atoms with Crippen molar-refractivity contribution < 1.29 is 18.8 Å². The molecule has 37 heavy (non-hydrogen) atoms. The van der Waals surface area contributed by atoms with Gasteiger partial charge in [0.05, 0.1) is 7.11 Å². The summed E-state index contributed by atoms with van der Waals surface area (Å²) in [5.74, 6) is 1.16. The minimum atomic E-state index is -1.74. The summed E-state index contributed by atoms with van der Waals surface area (Å²) in [5.41, 5.74) is 0. The normalized spacial score (nSPS) is 23.5. The van der Waals surface area contributed by atoms with Crippen molar-refractivity contribution in [3.05, 3.63) is 34.0 Å². The van der Waals surface area contributed by atoms with Crippen molar-refractivity contribution in [3.63, 3.8) is 0 Å². The molecule has 0 aromatic carbocycles. The first-order chi connectivity index (χ1) is 17.2. The number of carbonyl (C=O) groups excluding carboxylic acids is 2. The molecule has 0 unspecified atom stereocenters. The molecule has 0 N–H and O–H groups in total. The van der Waals surface area contributed by atoms with Crippen molar-refractivity contribution in [1.29, 1.82) is 0 Å². The third-order valence-corrected chi connectivity index (χ3v) is 14.5. The van der Waals surface area contributed by atoms with Crippen LogP contribution in [-0.2, 0) is 20.4 Å². The van der Waals surface area contributed by atoms with E-state index in [1.54, 1.807) is 0 Å². The van der Waals surface area contributed by atoms with E-state index in [9.17, 15) is 9.59 Å². The third-order valence-electron chi connectivity index (χ3n) is 8.31. The summed E-state index contributed by atoms with van der Waals surface area (Å²) < 4.78 is 11.2. The van der Waals surface area contributed by atoms with E-state index in [1.165, 1.54) is 23.3 Å². The van der Waals surface area contributed by atoms with Gasteiger partial charge in [-0.15, -0.1) is 22.9 Å². The van der Waals surface area contributed by atoms with Crippen LogP contribution in [0, 0.1) is 17.8 Å². The molecule has 1 aliphatic carbocycles. The molecule has 0 aliphatic heterocycles. The van der Waals surface area contributed by atoms with Crippen LogP contribution in [0.1, 0.15) is 94.1 Å². The zero-order valence-corrected chi connectivity index (χ0v) is 26.8. The Balaban J connectivity index is 1.77. The van der Waals surface area contributed by atoms with Gasteiger partial charge in [0.15, 0.2) is 14.1 Å². The van der Waals surface area contributed by atoms with Gasteiger partial charge in [-0.05, 0) is 99.5 Å². The second-order valence-electron chi connectivity index (χ2n) is 12.4. The Morgan fingerprint density at radius 3 is 2.57 bits per heavy atom. The van der Waals surface area contributed by atoms with Crippen LogP contribution in [0.5, 0.6) is 0 Å². The van der Waals surface area contributed by atoms with Gasteiger partial charge in [-0.3, -0.25) is 4.79 Å². The topological polar surface area (TPSA) is 52.6 Å². The van der Waals surface area contributed by atoms with Crippen LogP contribution in [0.15, 0.2) is 24.3 Å². The number of ketones is 1. The quantitative estimate of drug-likeness (QED) is 0.0739. The van der Waals surface area contributed by atoms with E-state index < -0.39 is 8.32 Å². The van der Waals surface area contributed by atoms with Crippen LogP contribution in [-0.4, -0.2) is 38.7 Å². The minimum Gasteiger partial charge on any atom is -0.465 e. The highest BCUT2D eigenvalue weighted by molar-refractivity contribution is 7.13. The summed E-state index contributed by atoms with van der Waals surface area (Å²) in [6.07, 6.45) is 11.7. The number of methoxy groups -OCH3 is 1. The number of thiophene rings is 1. The SMILES string of the molecule is COC(=O)c1ccc(CCC[C@@H]2[C@@H](/C=C/C(=O)CCCC[C@@H](C)O[Si](C)(C)C(C)(C)C)[C@H](C)C[C@H]2Cl)s1. The third kappa shape index (κ3) is 9.94. The number of rotatable bonds is 14. The van der Waals surface area contributed by atoms with Gasteiger partial charge in [0.1, 0.15) is 4.88 Å². The predicted octanol–water partition coefficient (Wildman–Crippen LogP) is 8.83. The van der Waals surface area contributed by atoms with Crippen LogP contribution >= 0.6 is 22.9 Å². The fourth-order valence-electron chi connectivity index (χ4n) is 5.06. The number of halogens is 1. The van der Waals surface area contributed by atoms with Crippen molar-refractivity contribution in [2.45, 2.75) is 116 Å². The van der Waals surface area contributed by atoms with E-state index in [2.05, 4.69) is 53.8 Å². The van der Waals surface area contributed by atoms with Crippen molar-refractivity contribution in [2.75, 3.05) is 7.11 Å². The molecule has 7 heteroatoms. The lowest BCUT2D eigenvalue weighted by Gasteiger charge is -2.38. The smallest absolute Gasteiger partial charge is 0.348 e. The first-order valence-electron chi connectivity index (χ1n) is 13.9. The lowest BCUT2D eigenvalue weighted by atomic mass is 9.86. The summed E-state index contributed by atoms with van der Waals surface area (Å²) in [5, 5.41) is 0.369. The zero-order chi connectivity index (χ0) is 27.8. The molecule has 0 amide bonds. The Bertz CT molecular complexity index is 904. The summed E-state index contributed by atoms with van der Waals surface area (Å²) in [6, 6.07) is 3.86. The van der Waals surface area contributed by atoms with E-state index in [-0.39, 0.29) is 28.3 Å². The highest BCUT2D eigenvalue weighted by Gasteiger charge is 2.39. The predicted molar refractivity (Wildman–Crippen MR) is 159 cm³/mol. The number of ether oxygens (including phenoxy) is 1. The molecule has 0 saturated heterocycles. The standard InChI is InChI=1S/C30H49ClO4SSi/c1-21-20-27(31)26(15-11-14-24-17-19-28(36-24)29(33)34-6)25(21)18-16-23(32)13-10-9-12-22(2)35-37(7,8)30(3,4)5/h16-19,21-22,25-27H,9-15,20H2,1-8H3/b18-16+/t21-,22-,25+,26-,27-/m1/s1. The van der Waals surface area contributed by atoms with Gasteiger partial charge in [0.25, 0.3) is 0 Å². The van der Waals surface area contributed by atoms with Crippen molar-refractivity contribution in [3.8, 4) is 0 Å². The van der Waals surface area contributed by atoms with Gasteiger partial charge in [0.2, 0.25) is 0 Å². The van der Waals surface area contributed by atoms with Crippen LogP contribution in [0.25, 0.3) is 0 Å². The summed E-state index contributed by atoms with van der Waals surface area (Å²) in [4.78, 5) is 26.1. The highest BCUT2D eigenvalue weighted by atomic mass is 35.5. The lowest BCUT2D eigenvalue weighted by Crippen LogP contribution is -2.43. The van der Waals surface area contributed by atoms with Gasteiger partial charge >= 0.3 is 5.97 Å². The maximum absolute atomic E-state index is 12.6. The van der Waals surface area contributed by atoms with Crippen LogP contribution in [0.2, 0.25) is 18.1 Å². The minimum absolute atomic E-state index is 0.149. The Morgan fingerprint density at radius 2 is 1.92 bits per heavy atom. The molecule has 4 nitrogen and oxygen atoms in total. The molecular weight excluding hydrogens is 520 g/mol. The number of unbranched alkanes of at least 4 members (excludes halogenated alkanes) is 1. The van der Waals surface area contributed by atoms with E-state index >= 15 is 0 Å². The zero-order valence-electron chi connectivity index (χ0n) is 24.3. The molecule has 0 spiro atoms. The second kappa shape index (κ2) is 14.4. The Kier molecular flexibility index (Phi) is 12.6. The largest absolute Gasteiger partial charge is 0.465 e. The van der Waals surface area contributed by atoms with Gasteiger partial charge in [-0.1, -0.05) is 40.2 Å². The van der Waals surface area contributed by atoms with E-state index in [0.717, 1.165) is 44.9 Å². The Labute approximate surface area is 235 Å². The fraction of sp³-hybridized carbons (Fsp3) is 0.733. The number of esters is 1. The van der Waals surface area contributed by atoms with E-state index in [0.29, 0.717) is 29.1 Å². The molecule has 1 aliphatic rings. The van der Waals surface area contributed by atoms with Gasteiger partial charge in [-0.2, -0.15) is 0 Å². The van der Waals surface area contributed by atoms with Crippen LogP contribution in [0.4, 0.5) is 0 Å². The van der Waals surface area contributed by atoms with Gasteiger partial charge in [-0.25, -0.2) is 4.79 Å². The highest BCUT2D eigenvalue weighted by Crippen LogP contribution is 2.44. The molecule has 1 aromatic rings. The maximum atomic E-state index is 12.6. The summed E-state index contributed by atoms with van der Waals surface area (Å²) in [7, 11) is -0.327. The van der Waals surface area contributed by atoms with E-state index in [1.807, 2.05) is 18.2 Å². The average molecular weight is 569 g/mol. The molecule has 5 atom stereocenters. The van der Waals surface area contributed by atoms with Crippen molar-refractivity contribution in [1.82, 2.24) is 0 Å². The molecule has 0 bridgehead atoms. The molecular formula is C30H49ClO4SSi. The lowest BCUT2D eigenvalue weighted by molar-refractivity contribution is -0.114. The number of hydrogen-bond donors (Lipinski definition) is 0. The van der Waals surface area contributed by atoms with Crippen molar-refractivity contribution in [2.24, 2.45) is 17.8 Å². The molecule has 210 valence electrons. The molecule has 1 heterocycles. The summed E-state index contributed by atoms with van der Waals surface area (Å²) in [6.45, 7) is 15.8. The molecule has 2 rings (SSSR count). The van der Waals surface area contributed by atoms with Crippen LogP contribution < -0.4 is 0 Å². The number of aryl methyl sites for hydroxylation is 1. The van der Waals surface area contributed by atoms with Gasteiger partial charge < -0.3 is 9.16 Å². The molecule has 1 saturated carbocycles. The van der Waals surface area contributed by atoms with Gasteiger partial charge in [0, 0.05) is 22.8 Å². The Morgan fingerprint density at radius 1 is 1.22 bits per heavy atom. The van der Waals surface area contributed by atoms with Crippen LogP contribution in [0.3, 0.4) is 0 Å². The first-order valence-corrected chi connectivity index (χ1v) is 18.1. The number of allylic oxidation sites excluding steroid dienone is 2. The van der Waals surface area contributed by atoms with E-state index in [4.69, 9.17) is 20.8 Å². The average Bonchev–Trinajstić information content (AvgIpc) is 3.38. The Hall–Kier alpha value is -0.953. The monoisotopic (exact) mass is 568 g/mol. The number of carbonyl (C=O) groups is 2. The molecule has 1 aromatic heterocycles. The number of alkyl halides is 1. The fourth-order valence-corrected chi connectivity index (χ4v) is 8.08. The van der Waals surface area contributed by atoms with Crippen molar-refractivity contribution >= 4 is 43.0 Å². The maximum Gasteiger partial charge on any atom is 0.348 e. The molecule has 0 radical (unpaired) electrons. The summed E-state index contributed by atoms with van der Waals surface area (Å²) >= 11 is 8.26. The molecule has 1 fully saturated rings.